The quantitative estimate of drug-likeness (QED) is 0.504. The zero-order valence-corrected chi connectivity index (χ0v) is 19.4. The number of hydrogen-bond acceptors (Lipinski definition) is 5. The molecule has 1 fully saturated rings. The second-order valence-corrected chi connectivity index (χ2v) is 9.42. The number of piperidine rings is 1. The summed E-state index contributed by atoms with van der Waals surface area (Å²) in [6.07, 6.45) is -1.69. The van der Waals surface area contributed by atoms with Gasteiger partial charge in [-0.25, -0.2) is 0 Å². The summed E-state index contributed by atoms with van der Waals surface area (Å²) in [6, 6.07) is 2.23. The molecule has 0 N–H and O–H groups in total. The molecule has 0 spiro atoms. The molecule has 0 amide bonds. The molecule has 0 radical (unpaired) electrons. The first-order chi connectivity index (χ1) is 14.0. The Hall–Kier alpha value is -1.03. The van der Waals surface area contributed by atoms with E-state index in [1.54, 1.807) is 0 Å². The highest BCUT2D eigenvalue weighted by Crippen LogP contribution is 2.47. The molecule has 1 saturated heterocycles. The third-order valence-electron chi connectivity index (χ3n) is 5.31. The molecule has 30 heavy (non-hydrogen) atoms. The van der Waals surface area contributed by atoms with E-state index >= 15 is 0 Å². The Morgan fingerprint density at radius 3 is 2.53 bits per heavy atom. The van der Waals surface area contributed by atoms with Gasteiger partial charge in [0.05, 0.1) is 29.9 Å². The van der Waals surface area contributed by atoms with Crippen molar-refractivity contribution in [2.75, 3.05) is 33.4 Å². The van der Waals surface area contributed by atoms with Crippen LogP contribution < -0.4 is 9.47 Å². The van der Waals surface area contributed by atoms with E-state index in [2.05, 4.69) is 46.3 Å². The third kappa shape index (κ3) is 5.81. The molecule has 0 saturated carbocycles. The van der Waals surface area contributed by atoms with Crippen LogP contribution in [0.1, 0.15) is 50.8 Å². The van der Waals surface area contributed by atoms with Gasteiger partial charge < -0.3 is 14.2 Å². The molecule has 2 aliphatic rings. The SMILES string of the molecule is COc1cc2c(c(Br)c1OCCOC(F)(F)F)CCN1CC(OC(C)(C)C)CCC21. The number of hydrogen-bond donors (Lipinski definition) is 0. The second kappa shape index (κ2) is 9.22. The molecule has 2 unspecified atom stereocenters. The van der Waals surface area contributed by atoms with Crippen LogP contribution in [0.4, 0.5) is 13.2 Å². The maximum Gasteiger partial charge on any atom is 0.522 e. The van der Waals surface area contributed by atoms with Gasteiger partial charge in [0, 0.05) is 19.1 Å². The first-order valence-corrected chi connectivity index (χ1v) is 10.9. The van der Waals surface area contributed by atoms with Gasteiger partial charge in [-0.1, -0.05) is 0 Å². The highest BCUT2D eigenvalue weighted by atomic mass is 79.9. The van der Waals surface area contributed by atoms with Crippen molar-refractivity contribution in [3.8, 4) is 11.5 Å². The highest BCUT2D eigenvalue weighted by molar-refractivity contribution is 9.10. The molecule has 1 aromatic carbocycles. The van der Waals surface area contributed by atoms with Gasteiger partial charge in [-0.15, -0.1) is 13.2 Å². The van der Waals surface area contributed by atoms with Crippen LogP contribution >= 0.6 is 15.9 Å². The fourth-order valence-electron chi connectivity index (χ4n) is 4.26. The van der Waals surface area contributed by atoms with E-state index in [0.717, 1.165) is 42.4 Å². The standard InChI is InChI=1S/C21H29BrF3NO4/c1-20(2,3)30-13-5-6-16-15-11-17(27-4)19(28-9-10-29-21(23,24)25)18(22)14(15)7-8-26(16)12-13/h11,13,16H,5-10,12H2,1-4H3. The van der Waals surface area contributed by atoms with E-state index in [-0.39, 0.29) is 24.4 Å². The minimum atomic E-state index is -4.67. The average molecular weight is 496 g/mol. The van der Waals surface area contributed by atoms with E-state index in [1.165, 1.54) is 12.7 Å². The van der Waals surface area contributed by atoms with E-state index in [4.69, 9.17) is 14.2 Å². The normalized spacial score (nSPS) is 22.4. The summed E-state index contributed by atoms with van der Waals surface area (Å²) in [5.74, 6) is 0.919. The van der Waals surface area contributed by atoms with Gasteiger partial charge in [0.25, 0.3) is 0 Å². The van der Waals surface area contributed by atoms with Crippen LogP contribution in [-0.2, 0) is 15.9 Å². The molecule has 3 rings (SSSR count). The zero-order chi connectivity index (χ0) is 22.1. The molecule has 2 atom stereocenters. The largest absolute Gasteiger partial charge is 0.522 e. The van der Waals surface area contributed by atoms with Crippen molar-refractivity contribution in [1.29, 1.82) is 0 Å². The van der Waals surface area contributed by atoms with Crippen molar-refractivity contribution in [1.82, 2.24) is 4.90 Å². The van der Waals surface area contributed by atoms with E-state index in [1.807, 2.05) is 6.07 Å². The summed E-state index contributed by atoms with van der Waals surface area (Å²) in [6.45, 7) is 7.20. The number of halogens is 4. The van der Waals surface area contributed by atoms with Crippen LogP contribution in [0.15, 0.2) is 10.5 Å². The van der Waals surface area contributed by atoms with Crippen LogP contribution in [0, 0.1) is 0 Å². The summed E-state index contributed by atoms with van der Waals surface area (Å²) < 4.78 is 58.4. The van der Waals surface area contributed by atoms with Gasteiger partial charge in [0.1, 0.15) is 6.61 Å². The van der Waals surface area contributed by atoms with Crippen molar-refractivity contribution in [2.45, 2.75) is 64.1 Å². The average Bonchev–Trinajstić information content (AvgIpc) is 2.63. The molecule has 1 aromatic rings. The van der Waals surface area contributed by atoms with Crippen LogP contribution in [0.3, 0.4) is 0 Å². The second-order valence-electron chi connectivity index (χ2n) is 8.62. The van der Waals surface area contributed by atoms with Gasteiger partial charge in [0.15, 0.2) is 11.5 Å². The Labute approximate surface area is 183 Å². The first kappa shape index (κ1) is 23.6. The Bertz CT molecular complexity index is 751. The van der Waals surface area contributed by atoms with Gasteiger partial charge in [0.2, 0.25) is 0 Å². The van der Waals surface area contributed by atoms with Gasteiger partial charge in [-0.05, 0) is 73.2 Å². The Kier molecular flexibility index (Phi) is 7.26. The summed E-state index contributed by atoms with van der Waals surface area (Å²) in [4.78, 5) is 2.45. The van der Waals surface area contributed by atoms with E-state index in [0.29, 0.717) is 11.5 Å². The lowest BCUT2D eigenvalue weighted by Gasteiger charge is -2.45. The topological polar surface area (TPSA) is 40.2 Å². The van der Waals surface area contributed by atoms with Gasteiger partial charge in [-0.3, -0.25) is 9.64 Å². The van der Waals surface area contributed by atoms with Crippen molar-refractivity contribution in [3.63, 3.8) is 0 Å². The van der Waals surface area contributed by atoms with Crippen molar-refractivity contribution < 1.29 is 32.1 Å². The molecule has 0 bridgehead atoms. The smallest absolute Gasteiger partial charge is 0.493 e. The fourth-order valence-corrected chi connectivity index (χ4v) is 5.00. The number of nitrogens with zero attached hydrogens (tertiary/aromatic N) is 1. The number of benzene rings is 1. The third-order valence-corrected chi connectivity index (χ3v) is 6.15. The monoisotopic (exact) mass is 495 g/mol. The Balaban J connectivity index is 1.75. The minimum Gasteiger partial charge on any atom is -0.493 e. The number of fused-ring (bicyclic) bond motifs is 3. The predicted molar refractivity (Wildman–Crippen MR) is 110 cm³/mol. The number of methoxy groups -OCH3 is 1. The molecule has 2 aliphatic heterocycles. The number of alkyl halides is 3. The number of rotatable bonds is 6. The first-order valence-electron chi connectivity index (χ1n) is 10.1. The molecule has 0 aliphatic carbocycles. The van der Waals surface area contributed by atoms with E-state index < -0.39 is 13.0 Å². The maximum atomic E-state index is 12.2. The lowest BCUT2D eigenvalue weighted by Crippen LogP contribution is -2.47. The van der Waals surface area contributed by atoms with Crippen LogP contribution in [-0.4, -0.2) is 56.4 Å². The van der Waals surface area contributed by atoms with Crippen LogP contribution in [0.25, 0.3) is 0 Å². The fraction of sp³-hybridized carbons (Fsp3) is 0.714. The number of ether oxygens (including phenoxy) is 4. The molecule has 170 valence electrons. The Morgan fingerprint density at radius 2 is 1.90 bits per heavy atom. The van der Waals surface area contributed by atoms with Crippen molar-refractivity contribution in [3.05, 3.63) is 21.7 Å². The Morgan fingerprint density at radius 1 is 1.17 bits per heavy atom. The summed E-state index contributed by atoms with van der Waals surface area (Å²) in [5, 5.41) is 0. The molecule has 0 aromatic heterocycles. The molecular weight excluding hydrogens is 467 g/mol. The molecule has 2 heterocycles. The van der Waals surface area contributed by atoms with Gasteiger partial charge >= 0.3 is 6.36 Å². The summed E-state index contributed by atoms with van der Waals surface area (Å²) >= 11 is 3.61. The lowest BCUT2D eigenvalue weighted by atomic mass is 9.85. The molecule has 5 nitrogen and oxygen atoms in total. The lowest BCUT2D eigenvalue weighted by molar-refractivity contribution is -0.325. The molecule has 9 heteroatoms. The van der Waals surface area contributed by atoms with E-state index in [9.17, 15) is 13.2 Å². The summed E-state index contributed by atoms with van der Waals surface area (Å²) in [7, 11) is 1.53. The van der Waals surface area contributed by atoms with Crippen molar-refractivity contribution >= 4 is 15.9 Å². The highest BCUT2D eigenvalue weighted by Gasteiger charge is 2.37. The van der Waals surface area contributed by atoms with Crippen LogP contribution in [0.2, 0.25) is 0 Å². The van der Waals surface area contributed by atoms with Crippen molar-refractivity contribution in [2.24, 2.45) is 0 Å². The predicted octanol–water partition coefficient (Wildman–Crippen LogP) is 5.25. The summed E-state index contributed by atoms with van der Waals surface area (Å²) in [5.41, 5.74) is 2.14. The zero-order valence-electron chi connectivity index (χ0n) is 17.8. The maximum absolute atomic E-state index is 12.2. The van der Waals surface area contributed by atoms with Gasteiger partial charge in [-0.2, -0.15) is 0 Å². The molecular formula is C21H29BrF3NO4. The minimum absolute atomic E-state index is 0.167. The van der Waals surface area contributed by atoms with Crippen LogP contribution in [0.5, 0.6) is 11.5 Å².